The molecule has 5 rings (SSSR count). The van der Waals surface area contributed by atoms with Gasteiger partial charge < -0.3 is 23.8 Å². The Labute approximate surface area is 202 Å². The molecule has 8 nitrogen and oxygen atoms in total. The first kappa shape index (κ1) is 22.8. The molecular weight excluding hydrogens is 454 g/mol. The van der Waals surface area contributed by atoms with E-state index in [0.717, 1.165) is 22.8 Å². The molecule has 0 spiro atoms. The minimum Gasteiger partial charge on any atom is -0.496 e. The fraction of sp³-hybridized carbons (Fsp3) is 0.480. The summed E-state index contributed by atoms with van der Waals surface area (Å²) in [5, 5.41) is 0. The Morgan fingerprint density at radius 2 is 1.85 bits per heavy atom. The summed E-state index contributed by atoms with van der Waals surface area (Å²) >= 11 is 1.83. The summed E-state index contributed by atoms with van der Waals surface area (Å²) in [5.41, 5.74) is 1.95. The number of carbonyl (C=O) groups excluding carboxylic acids is 2. The van der Waals surface area contributed by atoms with E-state index in [1.54, 1.807) is 4.57 Å². The van der Waals surface area contributed by atoms with Crippen LogP contribution in [-0.4, -0.2) is 77.6 Å². The van der Waals surface area contributed by atoms with Gasteiger partial charge in [-0.1, -0.05) is 18.2 Å². The van der Waals surface area contributed by atoms with E-state index in [-0.39, 0.29) is 23.3 Å². The number of thioether (sulfide) groups is 1. The van der Waals surface area contributed by atoms with Gasteiger partial charge in [-0.3, -0.25) is 14.4 Å². The van der Waals surface area contributed by atoms with E-state index in [9.17, 15) is 14.4 Å². The highest BCUT2D eigenvalue weighted by atomic mass is 32.2. The maximum atomic E-state index is 13.5. The van der Waals surface area contributed by atoms with Crippen LogP contribution in [0.25, 0.3) is 0 Å². The molecule has 1 aromatic heterocycles. The van der Waals surface area contributed by atoms with Gasteiger partial charge in [-0.25, -0.2) is 0 Å². The zero-order valence-corrected chi connectivity index (χ0v) is 20.1. The smallest absolute Gasteiger partial charge is 0.259 e. The van der Waals surface area contributed by atoms with Crippen LogP contribution in [0.4, 0.5) is 0 Å². The number of amides is 2. The lowest BCUT2D eigenvalue weighted by Gasteiger charge is -2.29. The molecule has 3 aliphatic heterocycles. The van der Waals surface area contributed by atoms with Crippen molar-refractivity contribution in [3.63, 3.8) is 0 Å². The molecule has 1 unspecified atom stereocenters. The lowest BCUT2D eigenvalue weighted by molar-refractivity contribution is -0.136. The molecule has 0 bridgehead atoms. The van der Waals surface area contributed by atoms with Gasteiger partial charge in [0.25, 0.3) is 11.5 Å². The highest BCUT2D eigenvalue weighted by Gasteiger charge is 2.33. The van der Waals surface area contributed by atoms with Gasteiger partial charge in [0.15, 0.2) is 0 Å². The Morgan fingerprint density at radius 1 is 1.06 bits per heavy atom. The molecular formula is C25H29N3O5S. The first-order valence-electron chi connectivity index (χ1n) is 11.7. The highest BCUT2D eigenvalue weighted by molar-refractivity contribution is 7.99. The molecule has 1 fully saturated rings. The number of hydrogen-bond acceptors (Lipinski definition) is 6. The van der Waals surface area contributed by atoms with Crippen molar-refractivity contribution in [1.82, 2.24) is 14.4 Å². The van der Waals surface area contributed by atoms with Gasteiger partial charge in [-0.2, -0.15) is 11.8 Å². The minimum atomic E-state index is -0.255. The van der Waals surface area contributed by atoms with Gasteiger partial charge >= 0.3 is 0 Å². The molecule has 2 aromatic rings. The predicted molar refractivity (Wildman–Crippen MR) is 130 cm³/mol. The summed E-state index contributed by atoms with van der Waals surface area (Å²) in [7, 11) is 1.49. The molecule has 1 saturated heterocycles. The van der Waals surface area contributed by atoms with E-state index in [4.69, 9.17) is 9.47 Å². The lowest BCUT2D eigenvalue weighted by atomic mass is 9.95. The summed E-state index contributed by atoms with van der Waals surface area (Å²) in [4.78, 5) is 43.4. The second kappa shape index (κ2) is 9.74. The SMILES string of the molecule is COc1cc(=O)n2c(c1C(=O)N1CCSCC1)CCN(C(=O)C1COc3ccccc3C1)CC2. The van der Waals surface area contributed by atoms with Gasteiger partial charge in [0.2, 0.25) is 5.91 Å². The number of benzene rings is 1. The molecule has 9 heteroatoms. The fourth-order valence-corrected chi connectivity index (χ4v) is 5.93. The third-order valence-electron chi connectivity index (χ3n) is 6.87. The van der Waals surface area contributed by atoms with Crippen LogP contribution >= 0.6 is 11.8 Å². The molecule has 1 atom stereocenters. The van der Waals surface area contributed by atoms with Crippen LogP contribution in [0.2, 0.25) is 0 Å². The fourth-order valence-electron chi connectivity index (χ4n) is 5.03. The number of nitrogens with zero attached hydrogens (tertiary/aromatic N) is 3. The maximum absolute atomic E-state index is 13.5. The van der Waals surface area contributed by atoms with Gasteiger partial charge in [-0.15, -0.1) is 0 Å². The Bertz CT molecular complexity index is 1160. The zero-order chi connectivity index (χ0) is 23.7. The largest absolute Gasteiger partial charge is 0.496 e. The Kier molecular flexibility index (Phi) is 6.54. The van der Waals surface area contributed by atoms with Crippen LogP contribution in [0.5, 0.6) is 11.5 Å². The van der Waals surface area contributed by atoms with Crippen molar-refractivity contribution < 1.29 is 19.1 Å². The Balaban J connectivity index is 1.39. The summed E-state index contributed by atoms with van der Waals surface area (Å²) in [5.74, 6) is 2.63. The van der Waals surface area contributed by atoms with Crippen molar-refractivity contribution >= 4 is 23.6 Å². The van der Waals surface area contributed by atoms with E-state index in [0.29, 0.717) is 69.2 Å². The number of rotatable bonds is 3. The number of pyridine rings is 1. The number of hydrogen-bond donors (Lipinski definition) is 0. The third kappa shape index (κ3) is 4.29. The molecule has 0 saturated carbocycles. The molecule has 180 valence electrons. The zero-order valence-electron chi connectivity index (χ0n) is 19.3. The number of aromatic nitrogens is 1. The topological polar surface area (TPSA) is 81.1 Å². The van der Waals surface area contributed by atoms with Crippen LogP contribution in [0.15, 0.2) is 35.1 Å². The Hall–Kier alpha value is -2.94. The van der Waals surface area contributed by atoms with Gasteiger partial charge in [-0.05, 0) is 18.1 Å². The van der Waals surface area contributed by atoms with E-state index in [2.05, 4.69) is 0 Å². The monoisotopic (exact) mass is 483 g/mol. The summed E-state index contributed by atoms with van der Waals surface area (Å²) in [6.07, 6.45) is 1.06. The third-order valence-corrected chi connectivity index (χ3v) is 7.81. The van der Waals surface area contributed by atoms with Crippen molar-refractivity contribution in [2.45, 2.75) is 19.4 Å². The normalized spacial score (nSPS) is 20.0. The number of fused-ring (bicyclic) bond motifs is 2. The van der Waals surface area contributed by atoms with Gasteiger partial charge in [0.1, 0.15) is 23.7 Å². The number of methoxy groups -OCH3 is 1. The van der Waals surface area contributed by atoms with Crippen molar-refractivity contribution in [2.24, 2.45) is 5.92 Å². The molecule has 3 aliphatic rings. The summed E-state index contributed by atoms with van der Waals surface area (Å²) < 4.78 is 13.0. The average Bonchev–Trinajstić information content (AvgIpc) is 3.11. The van der Waals surface area contributed by atoms with Crippen molar-refractivity contribution in [3.8, 4) is 11.5 Å². The Morgan fingerprint density at radius 3 is 2.65 bits per heavy atom. The van der Waals surface area contributed by atoms with E-state index >= 15 is 0 Å². The lowest BCUT2D eigenvalue weighted by Crippen LogP contribution is -2.42. The highest BCUT2D eigenvalue weighted by Crippen LogP contribution is 2.29. The molecule has 0 aliphatic carbocycles. The minimum absolute atomic E-state index is 0.0308. The van der Waals surface area contributed by atoms with Crippen LogP contribution in [0.3, 0.4) is 0 Å². The predicted octanol–water partition coefficient (Wildman–Crippen LogP) is 1.68. The molecule has 34 heavy (non-hydrogen) atoms. The molecule has 0 radical (unpaired) electrons. The van der Waals surface area contributed by atoms with Crippen LogP contribution < -0.4 is 15.0 Å². The van der Waals surface area contributed by atoms with Crippen molar-refractivity contribution in [3.05, 3.63) is 57.5 Å². The quantitative estimate of drug-likeness (QED) is 0.661. The van der Waals surface area contributed by atoms with Crippen molar-refractivity contribution in [1.29, 1.82) is 0 Å². The van der Waals surface area contributed by atoms with Gasteiger partial charge in [0.05, 0.1) is 13.0 Å². The standard InChI is InChI=1S/C25H29N3O5S/c1-32-21-15-22(29)28-9-8-26(24(30)18-14-17-4-2-3-5-20(17)33-16-18)7-6-19(28)23(21)25(31)27-10-12-34-13-11-27/h2-5,15,18H,6-14,16H2,1H3. The summed E-state index contributed by atoms with van der Waals surface area (Å²) in [6.45, 7) is 2.93. The number of ether oxygens (including phenoxy) is 2. The first-order chi connectivity index (χ1) is 16.6. The second-order valence-corrected chi connectivity index (χ2v) is 10.0. The van der Waals surface area contributed by atoms with Crippen molar-refractivity contribution in [2.75, 3.05) is 51.4 Å². The van der Waals surface area contributed by atoms with E-state index in [1.807, 2.05) is 45.8 Å². The van der Waals surface area contributed by atoms with Crippen LogP contribution in [-0.2, 0) is 24.2 Å². The number of carbonyl (C=O) groups is 2. The molecule has 2 amide bonds. The van der Waals surface area contributed by atoms with Crippen LogP contribution in [0, 0.1) is 5.92 Å². The molecule has 0 N–H and O–H groups in total. The van der Waals surface area contributed by atoms with Gasteiger partial charge in [0, 0.05) is 62.4 Å². The summed E-state index contributed by atoms with van der Waals surface area (Å²) in [6, 6.07) is 9.21. The molecule has 1 aromatic carbocycles. The number of para-hydroxylation sites is 1. The van der Waals surface area contributed by atoms with E-state index < -0.39 is 0 Å². The average molecular weight is 484 g/mol. The second-order valence-electron chi connectivity index (χ2n) is 8.82. The van der Waals surface area contributed by atoms with Crippen LogP contribution in [0.1, 0.15) is 21.6 Å². The first-order valence-corrected chi connectivity index (χ1v) is 12.9. The molecule has 4 heterocycles. The van der Waals surface area contributed by atoms with E-state index in [1.165, 1.54) is 13.2 Å². The maximum Gasteiger partial charge on any atom is 0.259 e.